The number of benzene rings is 1. The number of aromatic nitrogens is 2. The van der Waals surface area contributed by atoms with Crippen LogP contribution >= 0.6 is 0 Å². The molecule has 0 bridgehead atoms. The SMILES string of the molecule is CCN(CC)CCN(CC(C)C)C(=O)Cn1c(C)nc2ccccc2c1=O. The summed E-state index contributed by atoms with van der Waals surface area (Å²) in [6.07, 6.45) is 0. The van der Waals surface area contributed by atoms with Gasteiger partial charge in [0.15, 0.2) is 0 Å². The van der Waals surface area contributed by atoms with Crippen molar-refractivity contribution in [3.05, 3.63) is 40.4 Å². The van der Waals surface area contributed by atoms with Crippen molar-refractivity contribution in [3.63, 3.8) is 0 Å². The van der Waals surface area contributed by atoms with Crippen LogP contribution in [0.2, 0.25) is 0 Å². The van der Waals surface area contributed by atoms with Crippen molar-refractivity contribution in [2.45, 2.75) is 41.2 Å². The molecule has 0 N–H and O–H groups in total. The summed E-state index contributed by atoms with van der Waals surface area (Å²) in [5.74, 6) is 0.914. The van der Waals surface area contributed by atoms with Gasteiger partial charge in [-0.3, -0.25) is 14.2 Å². The van der Waals surface area contributed by atoms with Gasteiger partial charge >= 0.3 is 0 Å². The molecule has 1 amide bonds. The van der Waals surface area contributed by atoms with Crippen LogP contribution in [0.25, 0.3) is 10.9 Å². The van der Waals surface area contributed by atoms with E-state index in [4.69, 9.17) is 0 Å². The van der Waals surface area contributed by atoms with Gasteiger partial charge in [0, 0.05) is 19.6 Å². The second-order valence-electron chi connectivity index (χ2n) is 7.33. The van der Waals surface area contributed by atoms with Gasteiger partial charge in [-0.2, -0.15) is 0 Å². The van der Waals surface area contributed by atoms with Gasteiger partial charge in [-0.25, -0.2) is 4.98 Å². The number of nitrogens with zero attached hydrogens (tertiary/aromatic N) is 4. The van der Waals surface area contributed by atoms with Crippen LogP contribution in [0, 0.1) is 12.8 Å². The fraction of sp³-hybridized carbons (Fsp3) is 0.571. The Kier molecular flexibility index (Phi) is 7.54. The predicted octanol–water partition coefficient (Wildman–Crippen LogP) is 2.53. The van der Waals surface area contributed by atoms with E-state index in [1.807, 2.05) is 23.1 Å². The second-order valence-corrected chi connectivity index (χ2v) is 7.33. The largest absolute Gasteiger partial charge is 0.340 e. The molecule has 1 heterocycles. The van der Waals surface area contributed by atoms with Crippen molar-refractivity contribution >= 4 is 16.8 Å². The van der Waals surface area contributed by atoms with E-state index in [9.17, 15) is 9.59 Å². The summed E-state index contributed by atoms with van der Waals surface area (Å²) in [6.45, 7) is 14.4. The highest BCUT2D eigenvalue weighted by Crippen LogP contribution is 2.08. The minimum absolute atomic E-state index is 0.0295. The summed E-state index contributed by atoms with van der Waals surface area (Å²) in [5.41, 5.74) is 0.518. The smallest absolute Gasteiger partial charge is 0.261 e. The molecule has 6 heteroatoms. The minimum Gasteiger partial charge on any atom is -0.340 e. The Hall–Kier alpha value is -2.21. The first-order valence-corrected chi connectivity index (χ1v) is 9.83. The van der Waals surface area contributed by atoms with Gasteiger partial charge < -0.3 is 9.80 Å². The zero-order chi connectivity index (χ0) is 20.0. The molecule has 0 spiro atoms. The molecule has 0 atom stereocenters. The van der Waals surface area contributed by atoms with E-state index in [-0.39, 0.29) is 18.0 Å². The van der Waals surface area contributed by atoms with Gasteiger partial charge in [-0.15, -0.1) is 0 Å². The van der Waals surface area contributed by atoms with Crippen molar-refractivity contribution < 1.29 is 4.79 Å². The summed E-state index contributed by atoms with van der Waals surface area (Å²) in [7, 11) is 0. The Morgan fingerprint density at radius 2 is 1.81 bits per heavy atom. The Balaban J connectivity index is 2.23. The molecule has 0 aliphatic carbocycles. The zero-order valence-electron chi connectivity index (χ0n) is 17.2. The number of rotatable bonds is 9. The predicted molar refractivity (Wildman–Crippen MR) is 110 cm³/mol. The highest BCUT2D eigenvalue weighted by atomic mass is 16.2. The van der Waals surface area contributed by atoms with E-state index in [1.165, 1.54) is 4.57 Å². The molecule has 1 aromatic carbocycles. The number of amides is 1. The summed E-state index contributed by atoms with van der Waals surface area (Å²) >= 11 is 0. The van der Waals surface area contributed by atoms with Crippen LogP contribution in [0.3, 0.4) is 0 Å². The standard InChI is InChI=1S/C21H32N4O2/c1-6-23(7-2)12-13-24(14-16(3)4)20(26)15-25-17(5)22-19-11-9-8-10-18(19)21(25)27/h8-11,16H,6-7,12-15H2,1-5H3. The third kappa shape index (κ3) is 5.39. The quantitative estimate of drug-likeness (QED) is 0.679. The molecule has 0 radical (unpaired) electrons. The van der Waals surface area contributed by atoms with Gasteiger partial charge in [0.2, 0.25) is 5.91 Å². The lowest BCUT2D eigenvalue weighted by Gasteiger charge is -2.28. The first-order valence-electron chi connectivity index (χ1n) is 9.83. The van der Waals surface area contributed by atoms with Gasteiger partial charge in [0.25, 0.3) is 5.56 Å². The molecule has 2 rings (SSSR count). The number of carbonyl (C=O) groups excluding carboxylic acids is 1. The van der Waals surface area contributed by atoms with E-state index in [1.54, 1.807) is 13.0 Å². The molecule has 6 nitrogen and oxygen atoms in total. The molecular weight excluding hydrogens is 340 g/mol. The molecule has 0 unspecified atom stereocenters. The topological polar surface area (TPSA) is 58.4 Å². The lowest BCUT2D eigenvalue weighted by atomic mass is 10.2. The van der Waals surface area contributed by atoms with Crippen LogP contribution in [0.4, 0.5) is 0 Å². The van der Waals surface area contributed by atoms with Crippen LogP contribution in [-0.2, 0) is 11.3 Å². The maximum Gasteiger partial charge on any atom is 0.261 e. The third-order valence-corrected chi connectivity index (χ3v) is 4.86. The molecule has 2 aromatic rings. The number of carbonyl (C=O) groups is 1. The third-order valence-electron chi connectivity index (χ3n) is 4.86. The summed E-state index contributed by atoms with van der Waals surface area (Å²) in [5, 5.41) is 0.550. The molecule has 0 saturated heterocycles. The average molecular weight is 373 g/mol. The monoisotopic (exact) mass is 372 g/mol. The molecule has 0 fully saturated rings. The fourth-order valence-corrected chi connectivity index (χ4v) is 3.26. The Labute approximate surface area is 161 Å². The van der Waals surface area contributed by atoms with Crippen LogP contribution in [-0.4, -0.2) is 58.0 Å². The summed E-state index contributed by atoms with van der Waals surface area (Å²) < 4.78 is 1.50. The van der Waals surface area contributed by atoms with Crippen molar-refractivity contribution in [3.8, 4) is 0 Å². The molecule has 0 aliphatic heterocycles. The molecule has 0 saturated carbocycles. The second kappa shape index (κ2) is 9.65. The van der Waals surface area contributed by atoms with Crippen molar-refractivity contribution in [2.24, 2.45) is 5.92 Å². The van der Waals surface area contributed by atoms with Gasteiger partial charge in [0.1, 0.15) is 12.4 Å². The van der Waals surface area contributed by atoms with E-state index < -0.39 is 0 Å². The van der Waals surface area contributed by atoms with E-state index in [0.717, 1.165) is 19.6 Å². The van der Waals surface area contributed by atoms with Crippen LogP contribution in [0.5, 0.6) is 0 Å². The Bertz CT molecular complexity index is 825. The molecule has 0 aliphatic rings. The fourth-order valence-electron chi connectivity index (χ4n) is 3.26. The van der Waals surface area contributed by atoms with Crippen LogP contribution < -0.4 is 5.56 Å². The average Bonchev–Trinajstić information content (AvgIpc) is 2.64. The highest BCUT2D eigenvalue weighted by Gasteiger charge is 2.18. The molecular formula is C21H32N4O2. The number of fused-ring (bicyclic) bond motifs is 1. The molecule has 1 aromatic heterocycles. The summed E-state index contributed by atoms with van der Waals surface area (Å²) in [6, 6.07) is 7.27. The molecule has 148 valence electrons. The van der Waals surface area contributed by atoms with Crippen molar-refractivity contribution in [2.75, 3.05) is 32.7 Å². The molecule has 27 heavy (non-hydrogen) atoms. The first kappa shape index (κ1) is 21.1. The van der Waals surface area contributed by atoms with Crippen molar-refractivity contribution in [1.82, 2.24) is 19.4 Å². The number of para-hydroxylation sites is 1. The lowest BCUT2D eigenvalue weighted by molar-refractivity contribution is -0.132. The number of hydrogen-bond acceptors (Lipinski definition) is 4. The number of hydrogen-bond donors (Lipinski definition) is 0. The minimum atomic E-state index is -0.153. The van der Waals surface area contributed by atoms with Crippen LogP contribution in [0.1, 0.15) is 33.5 Å². The number of likely N-dealkylation sites (N-methyl/N-ethyl adjacent to an activating group) is 1. The van der Waals surface area contributed by atoms with Crippen LogP contribution in [0.15, 0.2) is 29.1 Å². The first-order chi connectivity index (χ1) is 12.9. The zero-order valence-corrected chi connectivity index (χ0v) is 17.2. The lowest BCUT2D eigenvalue weighted by Crippen LogP contribution is -2.43. The number of aryl methyl sites for hydroxylation is 1. The van der Waals surface area contributed by atoms with Gasteiger partial charge in [0.05, 0.1) is 10.9 Å². The Morgan fingerprint density at radius 3 is 2.44 bits per heavy atom. The van der Waals surface area contributed by atoms with Gasteiger partial charge in [-0.1, -0.05) is 39.8 Å². The van der Waals surface area contributed by atoms with Crippen molar-refractivity contribution in [1.29, 1.82) is 0 Å². The maximum atomic E-state index is 13.0. The summed E-state index contributed by atoms with van der Waals surface area (Å²) in [4.78, 5) is 34.5. The van der Waals surface area contributed by atoms with Gasteiger partial charge in [-0.05, 0) is 38.1 Å². The Morgan fingerprint density at radius 1 is 1.15 bits per heavy atom. The van der Waals surface area contributed by atoms with E-state index in [0.29, 0.717) is 35.7 Å². The maximum absolute atomic E-state index is 13.0. The van der Waals surface area contributed by atoms with E-state index in [2.05, 4.69) is 37.6 Å². The van der Waals surface area contributed by atoms with E-state index >= 15 is 0 Å². The highest BCUT2D eigenvalue weighted by molar-refractivity contribution is 5.79. The normalized spacial score (nSPS) is 11.5.